The number of benzene rings is 2. The summed E-state index contributed by atoms with van der Waals surface area (Å²) in [5, 5.41) is 11.3. The molecule has 0 unspecified atom stereocenters. The minimum atomic E-state index is -0.962. The predicted octanol–water partition coefficient (Wildman–Crippen LogP) is 6.12. The van der Waals surface area contributed by atoms with Crippen molar-refractivity contribution < 1.29 is 28.5 Å². The van der Waals surface area contributed by atoms with Crippen LogP contribution in [0.2, 0.25) is 10.0 Å². The number of hydrogen-bond donors (Lipinski definition) is 1. The number of nitrogens with zero attached hydrogens (tertiary/aromatic N) is 4. The number of ether oxygens (including phenoxy) is 3. The van der Waals surface area contributed by atoms with Crippen LogP contribution >= 0.6 is 23.2 Å². The number of aromatic carboxylic acids is 1. The Bertz CT molecular complexity index is 1860. The number of aromatic nitrogens is 3. The molecular weight excluding hydrogens is 595 g/mol. The van der Waals surface area contributed by atoms with Crippen LogP contribution in [0.15, 0.2) is 46.9 Å². The molecule has 0 bridgehead atoms. The molecule has 2 aliphatic rings. The number of carboxylic acids is 1. The Labute approximate surface area is 256 Å². The van der Waals surface area contributed by atoms with Gasteiger partial charge < -0.3 is 28.3 Å². The maximum Gasteiger partial charge on any atom is 0.335 e. The minimum absolute atomic E-state index is 0.0966. The summed E-state index contributed by atoms with van der Waals surface area (Å²) in [6.07, 6.45) is 1.85. The highest BCUT2D eigenvalue weighted by molar-refractivity contribution is 6.35. The number of fused-ring (bicyclic) bond motifs is 3. The van der Waals surface area contributed by atoms with E-state index in [1.54, 1.807) is 30.3 Å². The number of halogens is 2. The van der Waals surface area contributed by atoms with Crippen LogP contribution < -0.4 is 9.47 Å². The molecule has 5 aromatic rings. The van der Waals surface area contributed by atoms with Gasteiger partial charge in [0.2, 0.25) is 5.88 Å². The van der Waals surface area contributed by atoms with E-state index in [0.717, 1.165) is 65.1 Å². The summed E-state index contributed by atoms with van der Waals surface area (Å²) in [6, 6.07) is 12.4. The number of rotatable bonds is 9. The molecule has 1 fully saturated rings. The van der Waals surface area contributed by atoms with Gasteiger partial charge in [0.05, 0.1) is 53.6 Å². The molecule has 10 nitrogen and oxygen atoms in total. The summed E-state index contributed by atoms with van der Waals surface area (Å²) in [4.78, 5) is 23.6. The molecule has 12 heteroatoms. The van der Waals surface area contributed by atoms with Crippen molar-refractivity contribution >= 4 is 51.2 Å². The van der Waals surface area contributed by atoms with Crippen LogP contribution in [-0.2, 0) is 37.4 Å². The van der Waals surface area contributed by atoms with Crippen molar-refractivity contribution in [2.45, 2.75) is 45.2 Å². The first-order chi connectivity index (χ1) is 20.9. The standard InChI is InChI=1S/C31H28Cl2N4O6/c1-40-28-12-21-22(32)4-2-19(29(21)43-28)16-42-30-23(33)10-17-6-8-36(14-25(17)35-30)15-27-34-24-5-3-18(31(38)39)11-26(24)37(27)13-20-7-9-41-20/h2-5,10-12,20H,6-9,13-16H2,1H3,(H,38,39)/t20-/m0/s1. The topological polar surface area (TPSA) is 112 Å². The molecule has 7 rings (SSSR count). The first-order valence-corrected chi connectivity index (χ1v) is 14.7. The summed E-state index contributed by atoms with van der Waals surface area (Å²) in [6.45, 7) is 3.53. The third kappa shape index (κ3) is 5.40. The second-order valence-corrected chi connectivity index (χ2v) is 11.6. The van der Waals surface area contributed by atoms with Crippen molar-refractivity contribution in [2.75, 3.05) is 20.3 Å². The number of carboxylic acid groups (broad SMARTS) is 1. The SMILES string of the molecule is COc1cc2c(Cl)ccc(COc3nc4c(cc3Cl)CCN(Cc3nc5ccc(C(=O)O)cc5n3C[C@@H]3CCO3)C4)c2o1. The van der Waals surface area contributed by atoms with Gasteiger partial charge in [-0.15, -0.1) is 0 Å². The molecule has 43 heavy (non-hydrogen) atoms. The maximum atomic E-state index is 11.6. The molecule has 0 radical (unpaired) electrons. The zero-order chi connectivity index (χ0) is 29.7. The summed E-state index contributed by atoms with van der Waals surface area (Å²) >= 11 is 12.9. The normalized spacial score (nSPS) is 16.8. The number of methoxy groups -OCH3 is 1. The highest BCUT2D eigenvalue weighted by Gasteiger charge is 2.26. The van der Waals surface area contributed by atoms with Crippen LogP contribution in [0.5, 0.6) is 11.8 Å². The van der Waals surface area contributed by atoms with Crippen molar-refractivity contribution in [3.8, 4) is 11.8 Å². The molecule has 0 spiro atoms. The van der Waals surface area contributed by atoms with Gasteiger partial charge in [-0.3, -0.25) is 4.90 Å². The van der Waals surface area contributed by atoms with Crippen LogP contribution in [0.1, 0.15) is 39.4 Å². The second kappa shape index (κ2) is 11.3. The maximum absolute atomic E-state index is 11.6. The third-order valence-corrected chi connectivity index (χ3v) is 8.66. The molecule has 3 aromatic heterocycles. The average molecular weight is 623 g/mol. The highest BCUT2D eigenvalue weighted by Crippen LogP contribution is 2.35. The van der Waals surface area contributed by atoms with Crippen molar-refractivity contribution in [1.29, 1.82) is 0 Å². The zero-order valence-electron chi connectivity index (χ0n) is 23.3. The lowest BCUT2D eigenvalue weighted by atomic mass is 10.1. The molecule has 0 aliphatic carbocycles. The minimum Gasteiger partial charge on any atom is -0.478 e. The lowest BCUT2D eigenvalue weighted by Crippen LogP contribution is -2.34. The summed E-state index contributed by atoms with van der Waals surface area (Å²) < 4.78 is 24.9. The van der Waals surface area contributed by atoms with Crippen LogP contribution in [0, 0.1) is 0 Å². The van der Waals surface area contributed by atoms with Crippen molar-refractivity contribution in [3.63, 3.8) is 0 Å². The molecular formula is C31H28Cl2N4O6. The molecule has 1 atom stereocenters. The lowest BCUT2D eigenvalue weighted by molar-refractivity contribution is -0.0592. The lowest BCUT2D eigenvalue weighted by Gasteiger charge is -2.30. The van der Waals surface area contributed by atoms with Gasteiger partial charge in [-0.2, -0.15) is 0 Å². The van der Waals surface area contributed by atoms with Gasteiger partial charge in [-0.1, -0.05) is 29.3 Å². The third-order valence-electron chi connectivity index (χ3n) is 8.06. The zero-order valence-corrected chi connectivity index (χ0v) is 24.8. The largest absolute Gasteiger partial charge is 0.478 e. The van der Waals surface area contributed by atoms with E-state index in [9.17, 15) is 9.90 Å². The Balaban J connectivity index is 1.12. The quantitative estimate of drug-likeness (QED) is 0.208. The van der Waals surface area contributed by atoms with Gasteiger partial charge >= 0.3 is 5.97 Å². The first kappa shape index (κ1) is 28.0. The number of furan rings is 1. The van der Waals surface area contributed by atoms with E-state index in [2.05, 4.69) is 9.47 Å². The summed E-state index contributed by atoms with van der Waals surface area (Å²) in [5.74, 6) is 0.614. The van der Waals surface area contributed by atoms with E-state index in [0.29, 0.717) is 47.1 Å². The fraction of sp³-hybridized carbons (Fsp3) is 0.323. The van der Waals surface area contributed by atoms with Crippen LogP contribution in [0.4, 0.5) is 0 Å². The number of imidazole rings is 1. The first-order valence-electron chi connectivity index (χ1n) is 14.0. The molecule has 0 saturated carbocycles. The van der Waals surface area contributed by atoms with E-state index < -0.39 is 5.97 Å². The van der Waals surface area contributed by atoms with Gasteiger partial charge in [0, 0.05) is 36.7 Å². The van der Waals surface area contributed by atoms with E-state index in [4.69, 9.17) is 51.8 Å². The Hall–Kier alpha value is -3.83. The number of pyridine rings is 1. The van der Waals surface area contributed by atoms with E-state index in [1.807, 2.05) is 12.1 Å². The van der Waals surface area contributed by atoms with Crippen molar-refractivity contribution in [3.05, 3.63) is 80.7 Å². The van der Waals surface area contributed by atoms with Crippen LogP contribution in [0.25, 0.3) is 22.0 Å². The van der Waals surface area contributed by atoms with E-state index >= 15 is 0 Å². The Morgan fingerprint density at radius 3 is 2.77 bits per heavy atom. The summed E-state index contributed by atoms with van der Waals surface area (Å²) in [5.41, 5.74) is 5.17. The molecule has 1 saturated heterocycles. The number of hydrogen-bond acceptors (Lipinski definition) is 8. The molecule has 1 N–H and O–H groups in total. The monoisotopic (exact) mass is 622 g/mol. The number of carbonyl (C=O) groups is 1. The Kier molecular flexibility index (Phi) is 7.38. The van der Waals surface area contributed by atoms with Gasteiger partial charge in [0.25, 0.3) is 5.95 Å². The molecule has 5 heterocycles. The van der Waals surface area contributed by atoms with Crippen molar-refractivity contribution in [2.24, 2.45) is 0 Å². The molecule has 0 amide bonds. The van der Waals surface area contributed by atoms with Gasteiger partial charge in [-0.05, 0) is 48.7 Å². The highest BCUT2D eigenvalue weighted by atomic mass is 35.5. The summed E-state index contributed by atoms with van der Waals surface area (Å²) in [7, 11) is 1.54. The average Bonchev–Trinajstić information content (AvgIpc) is 3.56. The molecule has 2 aliphatic heterocycles. The fourth-order valence-electron chi connectivity index (χ4n) is 5.65. The Morgan fingerprint density at radius 2 is 2.00 bits per heavy atom. The van der Waals surface area contributed by atoms with E-state index in [-0.39, 0.29) is 18.3 Å². The van der Waals surface area contributed by atoms with E-state index in [1.165, 1.54) is 7.11 Å². The van der Waals surface area contributed by atoms with Gasteiger partial charge in [0.1, 0.15) is 23.0 Å². The van der Waals surface area contributed by atoms with Gasteiger partial charge in [0.15, 0.2) is 0 Å². The van der Waals surface area contributed by atoms with Crippen LogP contribution in [0.3, 0.4) is 0 Å². The smallest absolute Gasteiger partial charge is 0.335 e. The predicted molar refractivity (Wildman–Crippen MR) is 160 cm³/mol. The van der Waals surface area contributed by atoms with Crippen molar-refractivity contribution in [1.82, 2.24) is 19.4 Å². The molecule has 2 aromatic carbocycles. The van der Waals surface area contributed by atoms with Crippen LogP contribution in [-0.4, -0.2) is 56.9 Å². The fourth-order valence-corrected chi connectivity index (χ4v) is 6.08. The molecule has 222 valence electrons. The van der Waals surface area contributed by atoms with Gasteiger partial charge in [-0.25, -0.2) is 14.8 Å². The Morgan fingerprint density at radius 1 is 1.14 bits per heavy atom. The second-order valence-electron chi connectivity index (χ2n) is 10.8.